The van der Waals surface area contributed by atoms with Crippen molar-refractivity contribution in [2.75, 3.05) is 6.61 Å². The Morgan fingerprint density at radius 2 is 1.92 bits per heavy atom. The molecule has 12 heavy (non-hydrogen) atoms. The van der Waals surface area contributed by atoms with Crippen LogP contribution in [0, 0.1) is 0 Å². The van der Waals surface area contributed by atoms with Crippen LogP contribution in [0.15, 0.2) is 0 Å². The molecule has 0 amide bonds. The highest BCUT2D eigenvalue weighted by Crippen LogP contribution is 2.34. The van der Waals surface area contributed by atoms with Crippen LogP contribution in [0.5, 0.6) is 0 Å². The normalized spacial score (nSPS) is 29.0. The van der Waals surface area contributed by atoms with Gasteiger partial charge in [-0.3, -0.25) is 0 Å². The van der Waals surface area contributed by atoms with E-state index in [0.29, 0.717) is 18.4 Å². The molecule has 1 heterocycles. The average molecular weight is 188 g/mol. The summed E-state index contributed by atoms with van der Waals surface area (Å²) >= 11 is 0. The van der Waals surface area contributed by atoms with Crippen LogP contribution < -0.4 is 0 Å². The minimum absolute atomic E-state index is 0.324. The average Bonchev–Trinajstić information content (AvgIpc) is 2.66. The molecular formula is C9H20O2Si. The number of aliphatic hydroxyl groups excluding tert-OH is 1. The first-order valence-electron chi connectivity index (χ1n) is 4.82. The Labute approximate surface area is 75.9 Å². The summed E-state index contributed by atoms with van der Waals surface area (Å²) in [7, 11) is -1.03. The fourth-order valence-corrected chi connectivity index (χ4v) is 3.45. The van der Waals surface area contributed by atoms with Crippen LogP contribution in [0.3, 0.4) is 0 Å². The summed E-state index contributed by atoms with van der Waals surface area (Å²) in [6, 6.07) is 0. The molecule has 0 saturated carbocycles. The lowest BCUT2D eigenvalue weighted by molar-refractivity contribution is 0.278. The zero-order valence-electron chi connectivity index (χ0n) is 8.34. The Hall–Kier alpha value is 0.137. The van der Waals surface area contributed by atoms with Crippen LogP contribution in [-0.2, 0) is 4.74 Å². The summed E-state index contributed by atoms with van der Waals surface area (Å²) in [5.74, 6) is 0. The van der Waals surface area contributed by atoms with E-state index in [1.807, 2.05) is 0 Å². The van der Waals surface area contributed by atoms with E-state index >= 15 is 0 Å². The maximum Gasteiger partial charge on any atom is 0.0819 e. The second-order valence-corrected chi connectivity index (χ2v) is 9.98. The fourth-order valence-electron chi connectivity index (χ4n) is 1.58. The third-order valence-electron chi connectivity index (χ3n) is 2.33. The molecule has 72 valence electrons. The molecule has 0 bridgehead atoms. The van der Waals surface area contributed by atoms with Gasteiger partial charge >= 0.3 is 0 Å². The van der Waals surface area contributed by atoms with Gasteiger partial charge in [0.1, 0.15) is 0 Å². The largest absolute Gasteiger partial charge is 0.396 e. The summed E-state index contributed by atoms with van der Waals surface area (Å²) in [5.41, 5.74) is 0.594. The van der Waals surface area contributed by atoms with Crippen LogP contribution in [0.4, 0.5) is 0 Å². The van der Waals surface area contributed by atoms with Gasteiger partial charge in [-0.15, -0.1) is 0 Å². The van der Waals surface area contributed by atoms with Crippen molar-refractivity contribution in [1.29, 1.82) is 0 Å². The Balaban J connectivity index is 2.08. The summed E-state index contributed by atoms with van der Waals surface area (Å²) in [5, 5.41) is 8.59. The molecule has 0 spiro atoms. The summed E-state index contributed by atoms with van der Waals surface area (Å²) in [6.07, 6.45) is 3.72. The second-order valence-electron chi connectivity index (χ2n) is 4.68. The van der Waals surface area contributed by atoms with Gasteiger partial charge in [0.2, 0.25) is 0 Å². The molecule has 0 aromatic carbocycles. The van der Waals surface area contributed by atoms with E-state index in [1.54, 1.807) is 0 Å². The number of hydrogen-bond acceptors (Lipinski definition) is 2. The van der Waals surface area contributed by atoms with Crippen molar-refractivity contribution >= 4 is 8.07 Å². The molecule has 0 aliphatic carbocycles. The molecule has 0 aromatic rings. The van der Waals surface area contributed by atoms with Gasteiger partial charge in [-0.1, -0.05) is 19.6 Å². The van der Waals surface area contributed by atoms with Crippen molar-refractivity contribution < 1.29 is 9.84 Å². The molecule has 2 nitrogen and oxygen atoms in total. The van der Waals surface area contributed by atoms with Crippen LogP contribution in [0.2, 0.25) is 19.6 Å². The Kier molecular flexibility index (Phi) is 3.32. The lowest BCUT2D eigenvalue weighted by Gasteiger charge is -2.10. The lowest BCUT2D eigenvalue weighted by atomic mass is 10.2. The molecule has 1 N–H and O–H groups in total. The van der Waals surface area contributed by atoms with Gasteiger partial charge in [-0.05, 0) is 19.3 Å². The first-order valence-corrected chi connectivity index (χ1v) is 8.40. The zero-order chi connectivity index (χ0) is 9.19. The summed E-state index contributed by atoms with van der Waals surface area (Å²) < 4.78 is 5.61. The van der Waals surface area contributed by atoms with Crippen LogP contribution >= 0.6 is 0 Å². The Morgan fingerprint density at radius 1 is 1.25 bits per heavy atom. The SMILES string of the molecule is C[Si](C)(C)[C@@H]1O[C@@H]1CCCCO. The Bertz CT molecular complexity index is 142. The third kappa shape index (κ3) is 2.88. The Morgan fingerprint density at radius 3 is 2.33 bits per heavy atom. The van der Waals surface area contributed by atoms with E-state index in [4.69, 9.17) is 9.84 Å². The van der Waals surface area contributed by atoms with Crippen molar-refractivity contribution in [1.82, 2.24) is 0 Å². The standard InChI is InChI=1S/C9H20O2Si/c1-12(2,3)9-8(11-9)6-4-5-7-10/h8-10H,4-7H2,1-3H3/t8-,9+/m1/s1. The van der Waals surface area contributed by atoms with E-state index in [2.05, 4.69) is 19.6 Å². The van der Waals surface area contributed by atoms with E-state index in [1.165, 1.54) is 0 Å². The number of epoxide rings is 1. The first-order chi connectivity index (χ1) is 5.55. The van der Waals surface area contributed by atoms with Gasteiger partial charge in [-0.2, -0.15) is 0 Å². The number of aliphatic hydroxyl groups is 1. The molecule has 3 heteroatoms. The molecular weight excluding hydrogens is 168 g/mol. The third-order valence-corrected chi connectivity index (χ3v) is 4.55. The summed E-state index contributed by atoms with van der Waals surface area (Å²) in [4.78, 5) is 0. The maximum absolute atomic E-state index is 8.59. The van der Waals surface area contributed by atoms with Crippen molar-refractivity contribution in [3.63, 3.8) is 0 Å². The second kappa shape index (κ2) is 3.90. The van der Waals surface area contributed by atoms with E-state index in [0.717, 1.165) is 19.3 Å². The molecule has 1 fully saturated rings. The van der Waals surface area contributed by atoms with Crippen LogP contribution in [-0.4, -0.2) is 31.6 Å². The van der Waals surface area contributed by atoms with Gasteiger partial charge in [0, 0.05) is 6.61 Å². The highest BCUT2D eigenvalue weighted by atomic mass is 28.3. The number of rotatable bonds is 5. The van der Waals surface area contributed by atoms with Gasteiger partial charge < -0.3 is 9.84 Å². The van der Waals surface area contributed by atoms with Gasteiger partial charge in [-0.25, -0.2) is 0 Å². The molecule has 1 aliphatic rings. The highest BCUT2D eigenvalue weighted by Gasteiger charge is 2.47. The lowest BCUT2D eigenvalue weighted by Crippen LogP contribution is -2.30. The predicted octanol–water partition coefficient (Wildman–Crippen LogP) is 1.79. The molecule has 0 radical (unpaired) electrons. The zero-order valence-corrected chi connectivity index (χ0v) is 9.34. The van der Waals surface area contributed by atoms with Crippen LogP contribution in [0.25, 0.3) is 0 Å². The first kappa shape index (κ1) is 10.2. The van der Waals surface area contributed by atoms with Crippen molar-refractivity contribution in [3.8, 4) is 0 Å². The maximum atomic E-state index is 8.59. The smallest absolute Gasteiger partial charge is 0.0819 e. The van der Waals surface area contributed by atoms with E-state index in [-0.39, 0.29) is 0 Å². The van der Waals surface area contributed by atoms with Crippen LogP contribution in [0.1, 0.15) is 19.3 Å². The highest BCUT2D eigenvalue weighted by molar-refractivity contribution is 6.78. The molecule has 1 aliphatic heterocycles. The van der Waals surface area contributed by atoms with E-state index in [9.17, 15) is 0 Å². The monoisotopic (exact) mass is 188 g/mol. The molecule has 0 unspecified atom stereocenters. The van der Waals surface area contributed by atoms with E-state index < -0.39 is 8.07 Å². The van der Waals surface area contributed by atoms with Gasteiger partial charge in [0.05, 0.1) is 19.9 Å². The molecule has 0 aromatic heterocycles. The van der Waals surface area contributed by atoms with Crippen molar-refractivity contribution in [2.45, 2.75) is 50.7 Å². The van der Waals surface area contributed by atoms with Crippen molar-refractivity contribution in [3.05, 3.63) is 0 Å². The van der Waals surface area contributed by atoms with Gasteiger partial charge in [0.15, 0.2) is 0 Å². The number of hydrogen-bond donors (Lipinski definition) is 1. The fraction of sp³-hybridized carbons (Fsp3) is 1.00. The topological polar surface area (TPSA) is 32.8 Å². The minimum Gasteiger partial charge on any atom is -0.396 e. The predicted molar refractivity (Wildman–Crippen MR) is 52.9 cm³/mol. The quantitative estimate of drug-likeness (QED) is 0.405. The minimum atomic E-state index is -1.03. The summed E-state index contributed by atoms with van der Waals surface area (Å²) in [6.45, 7) is 7.38. The molecule has 1 rings (SSSR count). The van der Waals surface area contributed by atoms with Crippen molar-refractivity contribution in [2.24, 2.45) is 0 Å². The molecule has 2 atom stereocenters. The number of unbranched alkanes of at least 4 members (excludes halogenated alkanes) is 1. The molecule has 1 saturated heterocycles. The number of ether oxygens (including phenoxy) is 1. The van der Waals surface area contributed by atoms with Gasteiger partial charge in [0.25, 0.3) is 0 Å².